The van der Waals surface area contributed by atoms with E-state index in [9.17, 15) is 13.2 Å². The third kappa shape index (κ3) is 5.12. The predicted octanol–water partition coefficient (Wildman–Crippen LogP) is 2.18. The minimum atomic E-state index is -4.08. The lowest BCUT2D eigenvalue weighted by Gasteiger charge is -2.33. The summed E-state index contributed by atoms with van der Waals surface area (Å²) >= 11 is 0. The Morgan fingerprint density at radius 1 is 1.39 bits per heavy atom. The Morgan fingerprint density at radius 3 is 2.72 bits per heavy atom. The maximum atomic E-state index is 12.6. The molecule has 0 spiro atoms. The lowest BCUT2D eigenvalue weighted by molar-refractivity contribution is -0.186. The molecule has 0 radical (unpaired) electrons. The summed E-state index contributed by atoms with van der Waals surface area (Å²) in [6.07, 6.45) is -1.27. The Labute approximate surface area is 105 Å². The second-order valence-electron chi connectivity index (χ2n) is 4.73. The number of oxime groups is 1. The van der Waals surface area contributed by atoms with E-state index >= 15 is 0 Å². The van der Waals surface area contributed by atoms with Crippen molar-refractivity contribution in [3.63, 3.8) is 0 Å². The lowest BCUT2D eigenvalue weighted by Crippen LogP contribution is -2.42. The Kier molecular flexibility index (Phi) is 5.71. The van der Waals surface area contributed by atoms with E-state index in [1.54, 1.807) is 0 Å². The number of nitrogens with zero attached hydrogens (tertiary/aromatic N) is 2. The summed E-state index contributed by atoms with van der Waals surface area (Å²) in [6.45, 7) is 1.48. The van der Waals surface area contributed by atoms with Gasteiger partial charge in [0, 0.05) is 13.0 Å². The van der Waals surface area contributed by atoms with Gasteiger partial charge in [0.2, 0.25) is 0 Å². The molecule has 0 aromatic rings. The maximum absolute atomic E-state index is 12.6. The van der Waals surface area contributed by atoms with Gasteiger partial charge in [-0.15, -0.1) is 0 Å². The summed E-state index contributed by atoms with van der Waals surface area (Å²) in [4.78, 5) is 1.86. The Balaban J connectivity index is 2.22. The molecular formula is C11H20F3N3O. The zero-order chi connectivity index (χ0) is 13.6. The van der Waals surface area contributed by atoms with Gasteiger partial charge in [-0.25, -0.2) is 0 Å². The number of hydrogen-bond donors (Lipinski definition) is 2. The molecule has 3 N–H and O–H groups in total. The molecule has 7 heteroatoms. The SMILES string of the molecule is NC(CCCCN1CCCC(C(F)(F)F)C1)=NO. The van der Waals surface area contributed by atoms with Gasteiger partial charge in [-0.2, -0.15) is 13.2 Å². The van der Waals surface area contributed by atoms with E-state index in [4.69, 9.17) is 10.9 Å². The van der Waals surface area contributed by atoms with Gasteiger partial charge in [-0.05, 0) is 38.8 Å². The Hall–Kier alpha value is -0.980. The molecule has 1 aliphatic heterocycles. The monoisotopic (exact) mass is 267 g/mol. The van der Waals surface area contributed by atoms with E-state index in [2.05, 4.69) is 5.16 Å². The first-order chi connectivity index (χ1) is 8.43. The van der Waals surface area contributed by atoms with Crippen LogP contribution in [0.4, 0.5) is 13.2 Å². The maximum Gasteiger partial charge on any atom is 0.393 e. The molecule has 0 saturated carbocycles. The number of nitrogens with two attached hydrogens (primary N) is 1. The fourth-order valence-corrected chi connectivity index (χ4v) is 2.22. The highest BCUT2D eigenvalue weighted by molar-refractivity contribution is 5.79. The first-order valence-corrected chi connectivity index (χ1v) is 6.19. The number of hydrogen-bond acceptors (Lipinski definition) is 3. The van der Waals surface area contributed by atoms with Crippen LogP contribution in [0.3, 0.4) is 0 Å². The summed E-state index contributed by atoms with van der Waals surface area (Å²) in [7, 11) is 0. The van der Waals surface area contributed by atoms with Gasteiger partial charge in [0.05, 0.1) is 5.92 Å². The molecule has 1 rings (SSSR count). The van der Waals surface area contributed by atoms with Gasteiger partial charge in [0.1, 0.15) is 5.84 Å². The molecule has 106 valence electrons. The molecule has 0 bridgehead atoms. The predicted molar refractivity (Wildman–Crippen MR) is 62.5 cm³/mol. The average Bonchev–Trinajstić information content (AvgIpc) is 2.33. The second-order valence-corrected chi connectivity index (χ2v) is 4.73. The summed E-state index contributed by atoms with van der Waals surface area (Å²) in [5.41, 5.74) is 5.31. The Morgan fingerprint density at radius 2 is 2.11 bits per heavy atom. The quantitative estimate of drug-likeness (QED) is 0.264. The van der Waals surface area contributed by atoms with Crippen LogP contribution >= 0.6 is 0 Å². The number of rotatable bonds is 5. The van der Waals surface area contributed by atoms with Crippen molar-refractivity contribution >= 4 is 5.84 Å². The average molecular weight is 267 g/mol. The van der Waals surface area contributed by atoms with Gasteiger partial charge in [-0.1, -0.05) is 5.16 Å². The molecule has 4 nitrogen and oxygen atoms in total. The highest BCUT2D eigenvalue weighted by Gasteiger charge is 2.41. The van der Waals surface area contributed by atoms with E-state index < -0.39 is 12.1 Å². The lowest BCUT2D eigenvalue weighted by atomic mass is 9.97. The van der Waals surface area contributed by atoms with Crippen molar-refractivity contribution in [3.8, 4) is 0 Å². The number of amidine groups is 1. The molecular weight excluding hydrogens is 247 g/mol. The topological polar surface area (TPSA) is 61.8 Å². The Bertz CT molecular complexity index is 281. The fourth-order valence-electron chi connectivity index (χ4n) is 2.22. The van der Waals surface area contributed by atoms with Crippen molar-refractivity contribution < 1.29 is 18.4 Å². The number of likely N-dealkylation sites (tertiary alicyclic amines) is 1. The van der Waals surface area contributed by atoms with Crippen LogP contribution in [-0.2, 0) is 0 Å². The molecule has 1 aliphatic rings. The van der Waals surface area contributed by atoms with Crippen LogP contribution in [0.2, 0.25) is 0 Å². The first-order valence-electron chi connectivity index (χ1n) is 6.19. The number of halogens is 3. The van der Waals surface area contributed by atoms with E-state index in [1.165, 1.54) is 0 Å². The molecule has 1 fully saturated rings. The normalized spacial score (nSPS) is 23.3. The molecule has 0 aliphatic carbocycles. The standard InChI is InChI=1S/C11H20F3N3O/c12-11(13,14)9-4-3-7-17(8-9)6-2-1-5-10(15)16-18/h9,18H,1-8H2,(H2,15,16). The number of piperidine rings is 1. The van der Waals surface area contributed by atoms with Crippen molar-refractivity contribution in [1.29, 1.82) is 0 Å². The molecule has 1 heterocycles. The van der Waals surface area contributed by atoms with Crippen LogP contribution in [0.25, 0.3) is 0 Å². The van der Waals surface area contributed by atoms with Crippen LogP contribution in [0.1, 0.15) is 32.1 Å². The largest absolute Gasteiger partial charge is 0.409 e. The van der Waals surface area contributed by atoms with E-state index in [0.29, 0.717) is 19.4 Å². The molecule has 1 saturated heterocycles. The summed E-state index contributed by atoms with van der Waals surface area (Å²) in [5.74, 6) is -1.02. The van der Waals surface area contributed by atoms with Crippen molar-refractivity contribution in [2.24, 2.45) is 16.8 Å². The van der Waals surface area contributed by atoms with Crippen molar-refractivity contribution in [1.82, 2.24) is 4.90 Å². The third-order valence-corrected chi connectivity index (χ3v) is 3.25. The van der Waals surface area contributed by atoms with Crippen LogP contribution in [0, 0.1) is 5.92 Å². The molecule has 0 aromatic heterocycles. The number of alkyl halides is 3. The van der Waals surface area contributed by atoms with E-state index in [0.717, 1.165) is 19.4 Å². The van der Waals surface area contributed by atoms with Crippen LogP contribution in [0.5, 0.6) is 0 Å². The summed E-state index contributed by atoms with van der Waals surface area (Å²) < 4.78 is 37.7. The second kappa shape index (κ2) is 6.82. The fraction of sp³-hybridized carbons (Fsp3) is 0.909. The highest BCUT2D eigenvalue weighted by atomic mass is 19.4. The van der Waals surface area contributed by atoms with Crippen molar-refractivity contribution in [3.05, 3.63) is 0 Å². The van der Waals surface area contributed by atoms with Crippen LogP contribution in [0.15, 0.2) is 5.16 Å². The van der Waals surface area contributed by atoms with Crippen molar-refractivity contribution in [2.75, 3.05) is 19.6 Å². The van der Waals surface area contributed by atoms with Gasteiger partial charge < -0.3 is 15.8 Å². The minimum Gasteiger partial charge on any atom is -0.409 e. The van der Waals surface area contributed by atoms with Gasteiger partial charge in [0.15, 0.2) is 0 Å². The summed E-state index contributed by atoms with van der Waals surface area (Å²) in [6, 6.07) is 0. The smallest absolute Gasteiger partial charge is 0.393 e. The van der Waals surface area contributed by atoms with Gasteiger partial charge >= 0.3 is 6.18 Å². The van der Waals surface area contributed by atoms with Gasteiger partial charge in [0.25, 0.3) is 0 Å². The van der Waals surface area contributed by atoms with E-state index in [1.807, 2.05) is 4.90 Å². The first kappa shape index (κ1) is 15.1. The molecule has 0 amide bonds. The number of unbranched alkanes of at least 4 members (excludes halogenated alkanes) is 1. The van der Waals surface area contributed by atoms with Gasteiger partial charge in [-0.3, -0.25) is 0 Å². The molecule has 0 aromatic carbocycles. The molecule has 18 heavy (non-hydrogen) atoms. The van der Waals surface area contributed by atoms with Crippen LogP contribution in [-0.4, -0.2) is 41.8 Å². The molecule has 1 unspecified atom stereocenters. The zero-order valence-corrected chi connectivity index (χ0v) is 10.3. The van der Waals surface area contributed by atoms with Crippen molar-refractivity contribution in [2.45, 2.75) is 38.3 Å². The molecule has 1 atom stereocenters. The third-order valence-electron chi connectivity index (χ3n) is 3.25. The minimum absolute atomic E-state index is 0.104. The summed E-state index contributed by atoms with van der Waals surface area (Å²) in [5, 5.41) is 11.2. The van der Waals surface area contributed by atoms with Crippen LogP contribution < -0.4 is 5.73 Å². The van der Waals surface area contributed by atoms with E-state index in [-0.39, 0.29) is 18.8 Å². The highest BCUT2D eigenvalue weighted by Crippen LogP contribution is 2.33. The zero-order valence-electron chi connectivity index (χ0n) is 10.3.